The molecule has 3 aromatic carbocycles. The Morgan fingerprint density at radius 2 is 1.57 bits per heavy atom. The predicted octanol–water partition coefficient (Wildman–Crippen LogP) is 3.69. The monoisotopic (exact) mass is 399 g/mol. The molecule has 2 amide bonds. The minimum atomic E-state index is -0.452. The molecule has 4 rings (SSSR count). The van der Waals surface area contributed by atoms with E-state index in [-0.39, 0.29) is 12.5 Å². The minimum Gasteiger partial charge on any atom is -0.483 e. The second-order valence-corrected chi connectivity index (χ2v) is 6.82. The van der Waals surface area contributed by atoms with Crippen LogP contribution in [0.3, 0.4) is 0 Å². The molecule has 0 saturated carbocycles. The van der Waals surface area contributed by atoms with Crippen LogP contribution in [0, 0.1) is 0 Å². The van der Waals surface area contributed by atoms with Crippen molar-refractivity contribution in [2.75, 3.05) is 6.61 Å². The number of benzene rings is 3. The quantitative estimate of drug-likeness (QED) is 0.503. The summed E-state index contributed by atoms with van der Waals surface area (Å²) in [5.41, 5.74) is 8.19. The van der Waals surface area contributed by atoms with Gasteiger partial charge in [0.15, 0.2) is 6.61 Å². The maximum absolute atomic E-state index is 12.5. The molecule has 1 heterocycles. The summed E-state index contributed by atoms with van der Waals surface area (Å²) in [5, 5.41) is 0.819. The van der Waals surface area contributed by atoms with E-state index in [4.69, 9.17) is 4.74 Å². The summed E-state index contributed by atoms with van der Waals surface area (Å²) < 4.78 is 7.57. The molecule has 0 bridgehead atoms. The van der Waals surface area contributed by atoms with Gasteiger partial charge in [0.2, 0.25) is 0 Å². The third-order valence-electron chi connectivity index (χ3n) is 4.79. The van der Waals surface area contributed by atoms with Crippen LogP contribution in [0.1, 0.15) is 10.4 Å². The van der Waals surface area contributed by atoms with Crippen molar-refractivity contribution in [1.82, 2.24) is 15.4 Å². The molecule has 0 unspecified atom stereocenters. The number of nitrogens with zero attached hydrogens (tertiary/aromatic N) is 1. The number of aromatic nitrogens is 1. The summed E-state index contributed by atoms with van der Waals surface area (Å²) in [6.45, 7) is -0.223. The average molecular weight is 399 g/mol. The molecular weight excluding hydrogens is 378 g/mol. The van der Waals surface area contributed by atoms with Gasteiger partial charge in [0.1, 0.15) is 5.75 Å². The van der Waals surface area contributed by atoms with Crippen LogP contribution >= 0.6 is 0 Å². The average Bonchev–Trinajstić information content (AvgIpc) is 3.13. The summed E-state index contributed by atoms with van der Waals surface area (Å²) in [6.07, 6.45) is 1.73. The highest BCUT2D eigenvalue weighted by atomic mass is 16.5. The second kappa shape index (κ2) is 8.53. The lowest BCUT2D eigenvalue weighted by atomic mass is 10.1. The minimum absolute atomic E-state index is 0.223. The lowest BCUT2D eigenvalue weighted by Gasteiger charge is -2.12. The highest BCUT2D eigenvalue weighted by Crippen LogP contribution is 2.29. The van der Waals surface area contributed by atoms with Crippen molar-refractivity contribution in [1.29, 1.82) is 0 Å². The molecule has 6 nitrogen and oxygen atoms in total. The fraction of sp³-hybridized carbons (Fsp3) is 0.0833. The number of carbonyl (C=O) groups excluding carboxylic acids is 2. The smallest absolute Gasteiger partial charge is 0.276 e. The molecule has 0 aliphatic carbocycles. The first-order chi connectivity index (χ1) is 14.6. The molecule has 0 fully saturated rings. The van der Waals surface area contributed by atoms with Gasteiger partial charge >= 0.3 is 0 Å². The lowest BCUT2D eigenvalue weighted by Crippen LogP contribution is -2.43. The van der Waals surface area contributed by atoms with Crippen molar-refractivity contribution in [2.45, 2.75) is 0 Å². The van der Waals surface area contributed by atoms with E-state index in [0.717, 1.165) is 22.0 Å². The zero-order chi connectivity index (χ0) is 20.9. The number of rotatable bonds is 5. The first kappa shape index (κ1) is 19.3. The fourth-order valence-corrected chi connectivity index (χ4v) is 3.34. The van der Waals surface area contributed by atoms with E-state index in [1.807, 2.05) is 90.5 Å². The van der Waals surface area contributed by atoms with Gasteiger partial charge in [-0.3, -0.25) is 20.4 Å². The third-order valence-corrected chi connectivity index (χ3v) is 4.79. The van der Waals surface area contributed by atoms with E-state index in [9.17, 15) is 9.59 Å². The van der Waals surface area contributed by atoms with E-state index in [1.165, 1.54) is 0 Å². The van der Waals surface area contributed by atoms with Crippen LogP contribution in [0.25, 0.3) is 22.0 Å². The van der Waals surface area contributed by atoms with E-state index in [0.29, 0.717) is 11.3 Å². The Kier molecular flexibility index (Phi) is 5.48. The van der Waals surface area contributed by atoms with Crippen LogP contribution in [0.2, 0.25) is 0 Å². The van der Waals surface area contributed by atoms with Gasteiger partial charge in [-0.2, -0.15) is 0 Å². The van der Waals surface area contributed by atoms with Gasteiger partial charge in [0.25, 0.3) is 11.8 Å². The molecule has 0 aliphatic heterocycles. The summed E-state index contributed by atoms with van der Waals surface area (Å²) in [5.74, 6) is -0.240. The summed E-state index contributed by atoms with van der Waals surface area (Å²) in [6, 6.07) is 24.9. The molecule has 1 aromatic heterocycles. The van der Waals surface area contributed by atoms with E-state index < -0.39 is 5.91 Å². The van der Waals surface area contributed by atoms with E-state index >= 15 is 0 Å². The van der Waals surface area contributed by atoms with Crippen LogP contribution in [0.15, 0.2) is 85.1 Å². The largest absolute Gasteiger partial charge is 0.483 e. The number of hydrazine groups is 1. The topological polar surface area (TPSA) is 72.4 Å². The van der Waals surface area contributed by atoms with E-state index in [1.54, 1.807) is 6.20 Å². The molecule has 0 saturated heterocycles. The molecule has 2 N–H and O–H groups in total. The number of hydrogen-bond acceptors (Lipinski definition) is 3. The van der Waals surface area contributed by atoms with Crippen LogP contribution in [-0.2, 0) is 11.8 Å². The van der Waals surface area contributed by atoms with Crippen molar-refractivity contribution >= 4 is 22.7 Å². The van der Waals surface area contributed by atoms with Gasteiger partial charge in [0.05, 0.1) is 5.56 Å². The number of para-hydroxylation sites is 2. The zero-order valence-corrected chi connectivity index (χ0v) is 16.5. The SMILES string of the molecule is Cn1cc(C(=O)NNC(=O)COc2ccccc2-c2ccccc2)c2ccccc21. The third kappa shape index (κ3) is 4.03. The number of carbonyl (C=O) groups is 2. The first-order valence-electron chi connectivity index (χ1n) is 9.54. The molecule has 150 valence electrons. The van der Waals surface area contributed by atoms with Crippen molar-refractivity contribution < 1.29 is 14.3 Å². The summed E-state index contributed by atoms with van der Waals surface area (Å²) in [7, 11) is 1.87. The van der Waals surface area contributed by atoms with Gasteiger partial charge in [0, 0.05) is 29.7 Å². The van der Waals surface area contributed by atoms with Gasteiger partial charge in [-0.05, 0) is 17.7 Å². The maximum Gasteiger partial charge on any atom is 0.276 e. The highest BCUT2D eigenvalue weighted by molar-refractivity contribution is 6.07. The molecule has 0 radical (unpaired) electrons. The number of nitrogens with one attached hydrogen (secondary N) is 2. The number of aryl methyl sites for hydroxylation is 1. The standard InChI is InChI=1S/C24H21N3O3/c1-27-15-20(19-12-5-7-13-21(19)27)24(29)26-25-23(28)16-30-22-14-8-6-11-18(22)17-9-3-2-4-10-17/h2-15H,16H2,1H3,(H,25,28)(H,26,29). The molecule has 0 spiro atoms. The summed E-state index contributed by atoms with van der Waals surface area (Å²) in [4.78, 5) is 24.7. The van der Waals surface area contributed by atoms with Gasteiger partial charge in [-0.15, -0.1) is 0 Å². The van der Waals surface area contributed by atoms with Gasteiger partial charge in [-0.25, -0.2) is 0 Å². The van der Waals surface area contributed by atoms with Crippen LogP contribution in [0.5, 0.6) is 5.75 Å². The molecule has 6 heteroatoms. The van der Waals surface area contributed by atoms with Crippen molar-refractivity contribution in [3.05, 3.63) is 90.6 Å². The Hall–Kier alpha value is -4.06. The Morgan fingerprint density at radius 1 is 0.867 bits per heavy atom. The Morgan fingerprint density at radius 3 is 2.40 bits per heavy atom. The molecule has 4 aromatic rings. The maximum atomic E-state index is 12.5. The summed E-state index contributed by atoms with van der Waals surface area (Å²) >= 11 is 0. The van der Waals surface area contributed by atoms with Crippen LogP contribution < -0.4 is 15.6 Å². The van der Waals surface area contributed by atoms with Gasteiger partial charge in [-0.1, -0.05) is 66.7 Å². The number of fused-ring (bicyclic) bond motifs is 1. The van der Waals surface area contributed by atoms with Crippen LogP contribution in [-0.4, -0.2) is 23.0 Å². The second-order valence-electron chi connectivity index (χ2n) is 6.82. The van der Waals surface area contributed by atoms with Crippen molar-refractivity contribution in [3.63, 3.8) is 0 Å². The molecule has 0 aliphatic rings. The van der Waals surface area contributed by atoms with Gasteiger partial charge < -0.3 is 9.30 Å². The van der Waals surface area contributed by atoms with Crippen LogP contribution in [0.4, 0.5) is 0 Å². The van der Waals surface area contributed by atoms with Crippen molar-refractivity contribution in [2.24, 2.45) is 7.05 Å². The first-order valence-corrected chi connectivity index (χ1v) is 9.54. The number of hydrogen-bond donors (Lipinski definition) is 2. The lowest BCUT2D eigenvalue weighted by molar-refractivity contribution is -0.123. The number of amides is 2. The number of ether oxygens (including phenoxy) is 1. The molecule has 0 atom stereocenters. The zero-order valence-electron chi connectivity index (χ0n) is 16.5. The normalized spacial score (nSPS) is 10.6. The Balaban J connectivity index is 1.38. The Labute approximate surface area is 174 Å². The van der Waals surface area contributed by atoms with E-state index in [2.05, 4.69) is 10.9 Å². The fourth-order valence-electron chi connectivity index (χ4n) is 3.34. The van der Waals surface area contributed by atoms with Crippen molar-refractivity contribution in [3.8, 4) is 16.9 Å². The predicted molar refractivity (Wildman–Crippen MR) is 116 cm³/mol. The Bertz CT molecular complexity index is 1200. The molecular formula is C24H21N3O3. The highest BCUT2D eigenvalue weighted by Gasteiger charge is 2.14. The molecule has 30 heavy (non-hydrogen) atoms.